The number of hydrogen-bond donors (Lipinski definition) is 3. The first-order chi connectivity index (χ1) is 14.3. The van der Waals surface area contributed by atoms with Gasteiger partial charge in [-0.25, -0.2) is 14.6 Å². The molecule has 9 heteroatoms. The van der Waals surface area contributed by atoms with E-state index in [4.69, 9.17) is 24.5 Å². The fourth-order valence-corrected chi connectivity index (χ4v) is 2.94. The topological polar surface area (TPSA) is 114 Å². The number of nitrogens with one attached hydrogen (secondary N) is 1. The van der Waals surface area contributed by atoms with Crippen molar-refractivity contribution in [1.82, 2.24) is 9.55 Å². The summed E-state index contributed by atoms with van der Waals surface area (Å²) >= 11 is 1.75. The summed E-state index contributed by atoms with van der Waals surface area (Å²) in [6, 6.07) is 16.6. The van der Waals surface area contributed by atoms with Gasteiger partial charge in [0.2, 0.25) is 5.95 Å². The number of thioether (sulfide) groups is 1. The van der Waals surface area contributed by atoms with Crippen LogP contribution < -0.4 is 10.1 Å². The number of carbonyl (C=O) groups is 2. The standard InChI is InChI=1S/C19H21N3OS.C2H2O4/c1-22-18(15-6-8-16(23-2)9-7-15)13-21-19(22)20-12-14-4-10-17(24-3)11-5-14;3-1(4)2(5)6/h4-11,13H,12H2,1-3H3,(H,20,21);(H,3,4)(H,5,6). The number of benzene rings is 2. The highest BCUT2D eigenvalue weighted by Gasteiger charge is 2.08. The van der Waals surface area contributed by atoms with Crippen LogP contribution in [0.15, 0.2) is 59.6 Å². The van der Waals surface area contributed by atoms with Crippen molar-refractivity contribution in [2.75, 3.05) is 18.7 Å². The molecule has 0 aliphatic rings. The average Bonchev–Trinajstić information content (AvgIpc) is 3.13. The molecular formula is C21H23N3O5S. The van der Waals surface area contributed by atoms with Crippen molar-refractivity contribution in [3.05, 3.63) is 60.3 Å². The van der Waals surface area contributed by atoms with Crippen molar-refractivity contribution in [2.24, 2.45) is 7.05 Å². The van der Waals surface area contributed by atoms with Gasteiger partial charge < -0.3 is 24.8 Å². The molecule has 0 amide bonds. The van der Waals surface area contributed by atoms with Crippen LogP contribution in [0.25, 0.3) is 11.3 Å². The lowest BCUT2D eigenvalue weighted by atomic mass is 10.1. The van der Waals surface area contributed by atoms with E-state index in [9.17, 15) is 0 Å². The van der Waals surface area contributed by atoms with E-state index in [0.717, 1.165) is 29.5 Å². The number of imidazole rings is 1. The van der Waals surface area contributed by atoms with Gasteiger partial charge in [0.05, 0.1) is 19.0 Å². The molecule has 0 aliphatic carbocycles. The molecule has 3 N–H and O–H groups in total. The Morgan fingerprint density at radius 3 is 2.17 bits per heavy atom. The van der Waals surface area contributed by atoms with Crippen LogP contribution in [0.3, 0.4) is 0 Å². The number of carboxylic acid groups (broad SMARTS) is 2. The molecule has 1 heterocycles. The van der Waals surface area contributed by atoms with Gasteiger partial charge in [0.1, 0.15) is 5.75 Å². The Balaban J connectivity index is 0.000000469. The van der Waals surface area contributed by atoms with Crippen LogP contribution in [-0.4, -0.2) is 45.1 Å². The van der Waals surface area contributed by atoms with E-state index < -0.39 is 11.9 Å². The molecule has 8 nitrogen and oxygen atoms in total. The number of ether oxygens (including phenoxy) is 1. The Morgan fingerprint density at radius 2 is 1.67 bits per heavy atom. The van der Waals surface area contributed by atoms with Crippen molar-refractivity contribution in [1.29, 1.82) is 0 Å². The molecular weight excluding hydrogens is 406 g/mol. The Morgan fingerprint density at radius 1 is 1.07 bits per heavy atom. The van der Waals surface area contributed by atoms with E-state index in [-0.39, 0.29) is 0 Å². The second-order valence-electron chi connectivity index (χ2n) is 6.07. The van der Waals surface area contributed by atoms with E-state index in [1.807, 2.05) is 37.5 Å². The summed E-state index contributed by atoms with van der Waals surface area (Å²) in [5.41, 5.74) is 3.42. The summed E-state index contributed by atoms with van der Waals surface area (Å²) in [7, 11) is 3.69. The van der Waals surface area contributed by atoms with E-state index in [0.29, 0.717) is 0 Å². The second kappa shape index (κ2) is 10.9. The van der Waals surface area contributed by atoms with Crippen LogP contribution in [0.2, 0.25) is 0 Å². The van der Waals surface area contributed by atoms with Crippen molar-refractivity contribution in [2.45, 2.75) is 11.4 Å². The quantitative estimate of drug-likeness (QED) is 0.402. The monoisotopic (exact) mass is 429 g/mol. The number of methoxy groups -OCH3 is 1. The maximum atomic E-state index is 9.10. The van der Waals surface area contributed by atoms with Gasteiger partial charge in [-0.15, -0.1) is 11.8 Å². The third-order valence-corrected chi connectivity index (χ3v) is 4.91. The molecule has 2 aromatic carbocycles. The molecule has 0 bridgehead atoms. The summed E-state index contributed by atoms with van der Waals surface area (Å²) in [5.74, 6) is -1.94. The van der Waals surface area contributed by atoms with E-state index in [2.05, 4.69) is 45.4 Å². The van der Waals surface area contributed by atoms with Gasteiger partial charge >= 0.3 is 11.9 Å². The SMILES string of the molecule is COc1ccc(-c2cnc(NCc3ccc(SC)cc3)n2C)cc1.O=C(O)C(=O)O. The van der Waals surface area contributed by atoms with E-state index in [1.165, 1.54) is 10.5 Å². The number of hydrogen-bond acceptors (Lipinski definition) is 6. The molecule has 3 aromatic rings. The van der Waals surface area contributed by atoms with Gasteiger partial charge in [0.15, 0.2) is 0 Å². The minimum atomic E-state index is -1.82. The molecule has 1 aromatic heterocycles. The fourth-order valence-electron chi connectivity index (χ4n) is 2.53. The predicted octanol–water partition coefficient (Wildman–Crippen LogP) is 3.59. The van der Waals surface area contributed by atoms with Gasteiger partial charge in [-0.2, -0.15) is 0 Å². The van der Waals surface area contributed by atoms with Gasteiger partial charge in [-0.3, -0.25) is 0 Å². The molecule has 0 radical (unpaired) electrons. The van der Waals surface area contributed by atoms with Crippen molar-refractivity contribution in [3.63, 3.8) is 0 Å². The smallest absolute Gasteiger partial charge is 0.414 e. The summed E-state index contributed by atoms with van der Waals surface area (Å²) in [6.07, 6.45) is 3.98. The highest BCUT2D eigenvalue weighted by Crippen LogP contribution is 2.24. The zero-order valence-corrected chi connectivity index (χ0v) is 17.6. The molecule has 0 atom stereocenters. The molecule has 158 valence electrons. The molecule has 0 saturated carbocycles. The molecule has 0 saturated heterocycles. The summed E-state index contributed by atoms with van der Waals surface area (Å²) < 4.78 is 7.28. The first-order valence-electron chi connectivity index (χ1n) is 8.84. The second-order valence-corrected chi connectivity index (χ2v) is 6.95. The van der Waals surface area contributed by atoms with Gasteiger partial charge in [-0.05, 0) is 48.2 Å². The van der Waals surface area contributed by atoms with Gasteiger partial charge in [-0.1, -0.05) is 12.1 Å². The predicted molar refractivity (Wildman–Crippen MR) is 116 cm³/mol. The first kappa shape index (κ1) is 22.8. The normalized spacial score (nSPS) is 9.97. The lowest BCUT2D eigenvalue weighted by Crippen LogP contribution is -2.09. The van der Waals surface area contributed by atoms with E-state index >= 15 is 0 Å². The number of rotatable bonds is 6. The number of nitrogens with zero attached hydrogens (tertiary/aromatic N) is 2. The molecule has 0 fully saturated rings. The Bertz CT molecular complexity index is 973. The molecule has 3 rings (SSSR count). The highest BCUT2D eigenvalue weighted by molar-refractivity contribution is 7.98. The third kappa shape index (κ3) is 6.28. The number of aliphatic carboxylic acids is 2. The van der Waals surface area contributed by atoms with Gasteiger partial charge in [0.25, 0.3) is 0 Å². The lowest BCUT2D eigenvalue weighted by Gasteiger charge is -2.09. The van der Waals surface area contributed by atoms with Crippen molar-refractivity contribution in [3.8, 4) is 17.0 Å². The zero-order valence-electron chi connectivity index (χ0n) is 16.8. The Kier molecular flexibility index (Phi) is 8.30. The third-order valence-electron chi connectivity index (χ3n) is 4.17. The van der Waals surface area contributed by atoms with Crippen LogP contribution in [0.5, 0.6) is 5.75 Å². The van der Waals surface area contributed by atoms with Crippen LogP contribution in [0, 0.1) is 0 Å². The summed E-state index contributed by atoms with van der Waals surface area (Å²) in [5, 5.41) is 18.2. The van der Waals surface area contributed by atoms with E-state index in [1.54, 1.807) is 18.9 Å². The molecule has 0 unspecified atom stereocenters. The minimum absolute atomic E-state index is 0.752. The number of aromatic nitrogens is 2. The maximum Gasteiger partial charge on any atom is 0.414 e. The average molecular weight is 429 g/mol. The van der Waals surface area contributed by atoms with Crippen molar-refractivity contribution < 1.29 is 24.5 Å². The number of anilines is 1. The summed E-state index contributed by atoms with van der Waals surface area (Å²) in [6.45, 7) is 0.752. The van der Waals surface area contributed by atoms with Crippen LogP contribution in [0.1, 0.15) is 5.56 Å². The Labute approximate surface area is 178 Å². The highest BCUT2D eigenvalue weighted by atomic mass is 32.2. The Hall–Kier alpha value is -3.46. The maximum absolute atomic E-state index is 9.10. The fraction of sp³-hybridized carbons (Fsp3) is 0.190. The molecule has 30 heavy (non-hydrogen) atoms. The van der Waals surface area contributed by atoms with Crippen LogP contribution >= 0.6 is 11.8 Å². The largest absolute Gasteiger partial charge is 0.497 e. The molecule has 0 spiro atoms. The number of carboxylic acids is 2. The summed E-state index contributed by atoms with van der Waals surface area (Å²) in [4.78, 5) is 24.0. The first-order valence-corrected chi connectivity index (χ1v) is 10.1. The van der Waals surface area contributed by atoms with Crippen molar-refractivity contribution >= 4 is 29.6 Å². The van der Waals surface area contributed by atoms with Crippen LogP contribution in [-0.2, 0) is 23.2 Å². The minimum Gasteiger partial charge on any atom is -0.497 e. The van der Waals surface area contributed by atoms with Crippen LogP contribution in [0.4, 0.5) is 5.95 Å². The zero-order chi connectivity index (χ0) is 22.1. The molecule has 0 aliphatic heterocycles. The lowest BCUT2D eigenvalue weighted by molar-refractivity contribution is -0.159. The van der Waals surface area contributed by atoms with Gasteiger partial charge in [0, 0.05) is 24.1 Å².